The molecule has 0 unspecified atom stereocenters. The zero-order valence-electron chi connectivity index (χ0n) is 12.5. The number of aromatic hydroxyl groups is 1. The van der Waals surface area contributed by atoms with E-state index in [-0.39, 0.29) is 11.7 Å². The lowest BCUT2D eigenvalue weighted by Crippen LogP contribution is -2.03. The summed E-state index contributed by atoms with van der Waals surface area (Å²) < 4.78 is 11.3. The number of hydrogen-bond donors (Lipinski definition) is 2. The molecule has 2 aromatic rings. The van der Waals surface area contributed by atoms with E-state index in [4.69, 9.17) is 9.47 Å². The zero-order valence-corrected chi connectivity index (χ0v) is 14.1. The first-order valence-electron chi connectivity index (χ1n) is 6.81. The van der Waals surface area contributed by atoms with E-state index in [1.165, 1.54) is 14.2 Å². The summed E-state index contributed by atoms with van der Waals surface area (Å²) in [5.74, 6) is 0.933. The standard InChI is InChI=1S/C17H14BrNO4/c1-22-15-7-11-12(6-9-5-10(18)3-4-14(9)20)17(21)19-13(11)8-16(15)23-2/h3-8,20H,1-2H3,(H,19,21)/b12-6+. The SMILES string of the molecule is COc1cc2c(cc1OC)/C(=C\c1cc(Br)ccc1O)C(=O)N2. The van der Waals surface area contributed by atoms with Crippen molar-refractivity contribution >= 4 is 39.2 Å². The summed E-state index contributed by atoms with van der Waals surface area (Å²) in [5, 5.41) is 12.8. The van der Waals surface area contributed by atoms with Crippen LogP contribution in [0.3, 0.4) is 0 Å². The van der Waals surface area contributed by atoms with Gasteiger partial charge in [0, 0.05) is 27.2 Å². The van der Waals surface area contributed by atoms with Gasteiger partial charge in [0.1, 0.15) is 5.75 Å². The van der Waals surface area contributed by atoms with Crippen LogP contribution in [0.2, 0.25) is 0 Å². The molecule has 0 spiro atoms. The number of amides is 1. The number of carbonyl (C=O) groups is 1. The van der Waals surface area contributed by atoms with E-state index in [9.17, 15) is 9.90 Å². The van der Waals surface area contributed by atoms with E-state index in [1.807, 2.05) is 0 Å². The largest absolute Gasteiger partial charge is 0.507 e. The van der Waals surface area contributed by atoms with Crippen molar-refractivity contribution in [2.24, 2.45) is 0 Å². The monoisotopic (exact) mass is 375 g/mol. The van der Waals surface area contributed by atoms with E-state index >= 15 is 0 Å². The Kier molecular flexibility index (Phi) is 4.00. The Morgan fingerprint density at radius 2 is 1.83 bits per heavy atom. The minimum Gasteiger partial charge on any atom is -0.507 e. The molecule has 1 heterocycles. The number of rotatable bonds is 3. The highest BCUT2D eigenvalue weighted by Crippen LogP contribution is 2.41. The summed E-state index contributed by atoms with van der Waals surface area (Å²) in [4.78, 5) is 12.3. The predicted octanol–water partition coefficient (Wildman–Crippen LogP) is 3.66. The Hall–Kier alpha value is -2.47. The molecule has 0 radical (unpaired) electrons. The van der Waals surface area contributed by atoms with E-state index < -0.39 is 0 Å². The third-order valence-corrected chi connectivity index (χ3v) is 4.09. The summed E-state index contributed by atoms with van der Waals surface area (Å²) in [7, 11) is 3.08. The van der Waals surface area contributed by atoms with Crippen LogP contribution < -0.4 is 14.8 Å². The molecular weight excluding hydrogens is 362 g/mol. The topological polar surface area (TPSA) is 67.8 Å². The molecule has 0 bridgehead atoms. The number of halogens is 1. The van der Waals surface area contributed by atoms with Gasteiger partial charge in [0.05, 0.1) is 19.9 Å². The summed E-state index contributed by atoms with van der Waals surface area (Å²) in [6, 6.07) is 8.50. The summed E-state index contributed by atoms with van der Waals surface area (Å²) >= 11 is 3.36. The van der Waals surface area contributed by atoms with Crippen molar-refractivity contribution in [2.45, 2.75) is 0 Å². The van der Waals surface area contributed by atoms with Crippen molar-refractivity contribution in [2.75, 3.05) is 19.5 Å². The number of methoxy groups -OCH3 is 2. The first kappa shape index (κ1) is 15.4. The van der Waals surface area contributed by atoms with Crippen LogP contribution in [0, 0.1) is 0 Å². The predicted molar refractivity (Wildman–Crippen MR) is 91.9 cm³/mol. The van der Waals surface area contributed by atoms with Crippen molar-refractivity contribution < 1.29 is 19.4 Å². The number of benzene rings is 2. The number of hydrogen-bond acceptors (Lipinski definition) is 4. The molecule has 1 aliphatic rings. The molecule has 0 saturated carbocycles. The molecule has 0 fully saturated rings. The van der Waals surface area contributed by atoms with Gasteiger partial charge in [-0.3, -0.25) is 4.79 Å². The number of fused-ring (bicyclic) bond motifs is 1. The van der Waals surface area contributed by atoms with Gasteiger partial charge in [-0.25, -0.2) is 0 Å². The first-order chi connectivity index (χ1) is 11.0. The Bertz CT molecular complexity index is 830. The molecule has 0 aliphatic carbocycles. The molecule has 23 heavy (non-hydrogen) atoms. The van der Waals surface area contributed by atoms with Crippen molar-refractivity contribution in [3.8, 4) is 17.2 Å². The molecule has 1 aliphatic heterocycles. The van der Waals surface area contributed by atoms with Gasteiger partial charge in [-0.05, 0) is 30.3 Å². The van der Waals surface area contributed by atoms with Gasteiger partial charge in [0.15, 0.2) is 11.5 Å². The Labute approximate surface area is 141 Å². The third-order valence-electron chi connectivity index (χ3n) is 3.60. The highest BCUT2D eigenvalue weighted by atomic mass is 79.9. The van der Waals surface area contributed by atoms with Crippen LogP contribution in [0.25, 0.3) is 11.6 Å². The molecule has 0 atom stereocenters. The molecule has 5 nitrogen and oxygen atoms in total. The van der Waals surface area contributed by atoms with Gasteiger partial charge in [0.25, 0.3) is 5.91 Å². The maximum Gasteiger partial charge on any atom is 0.256 e. The molecule has 3 rings (SSSR count). The normalized spacial score (nSPS) is 14.6. The highest BCUT2D eigenvalue weighted by Gasteiger charge is 2.26. The maximum absolute atomic E-state index is 12.3. The van der Waals surface area contributed by atoms with Gasteiger partial charge in [-0.1, -0.05) is 15.9 Å². The summed E-state index contributed by atoms with van der Waals surface area (Å²) in [6.45, 7) is 0. The van der Waals surface area contributed by atoms with Gasteiger partial charge < -0.3 is 19.9 Å². The maximum atomic E-state index is 12.3. The van der Waals surface area contributed by atoms with Crippen molar-refractivity contribution in [3.63, 3.8) is 0 Å². The van der Waals surface area contributed by atoms with E-state index in [1.54, 1.807) is 36.4 Å². The quantitative estimate of drug-likeness (QED) is 0.803. The fourth-order valence-electron chi connectivity index (χ4n) is 2.46. The lowest BCUT2D eigenvalue weighted by Gasteiger charge is -2.09. The second-order valence-electron chi connectivity index (χ2n) is 4.97. The zero-order chi connectivity index (χ0) is 16.6. The summed E-state index contributed by atoms with van der Waals surface area (Å²) in [6.07, 6.45) is 1.65. The Morgan fingerprint density at radius 3 is 2.52 bits per heavy atom. The molecule has 118 valence electrons. The molecule has 6 heteroatoms. The van der Waals surface area contributed by atoms with Crippen molar-refractivity contribution in [3.05, 3.63) is 45.9 Å². The van der Waals surface area contributed by atoms with E-state index in [0.29, 0.717) is 33.9 Å². The molecule has 2 N–H and O–H groups in total. The molecule has 0 aromatic heterocycles. The second-order valence-corrected chi connectivity index (χ2v) is 5.88. The summed E-state index contributed by atoms with van der Waals surface area (Å²) in [5.41, 5.74) is 2.35. The van der Waals surface area contributed by atoms with E-state index in [0.717, 1.165) is 4.47 Å². The molecule has 2 aromatic carbocycles. The highest BCUT2D eigenvalue weighted by molar-refractivity contribution is 9.10. The fourth-order valence-corrected chi connectivity index (χ4v) is 2.84. The van der Waals surface area contributed by atoms with Crippen LogP contribution in [0.15, 0.2) is 34.8 Å². The molecule has 0 saturated heterocycles. The average Bonchev–Trinajstić information content (AvgIpc) is 2.84. The van der Waals surface area contributed by atoms with Crippen molar-refractivity contribution in [1.82, 2.24) is 0 Å². The lowest BCUT2D eigenvalue weighted by molar-refractivity contribution is -0.110. The minimum absolute atomic E-state index is 0.0995. The van der Waals surface area contributed by atoms with Crippen LogP contribution in [-0.4, -0.2) is 25.2 Å². The minimum atomic E-state index is -0.241. The third kappa shape index (κ3) is 2.77. The number of nitrogens with one attached hydrogen (secondary N) is 1. The van der Waals surface area contributed by atoms with Crippen molar-refractivity contribution in [1.29, 1.82) is 0 Å². The molecular formula is C17H14BrNO4. The molecule has 1 amide bonds. The average molecular weight is 376 g/mol. The van der Waals surface area contributed by atoms with Crippen LogP contribution in [-0.2, 0) is 4.79 Å². The van der Waals surface area contributed by atoms with Gasteiger partial charge in [-0.15, -0.1) is 0 Å². The first-order valence-corrected chi connectivity index (χ1v) is 7.60. The number of anilines is 1. The van der Waals surface area contributed by atoms with Crippen LogP contribution in [0.4, 0.5) is 5.69 Å². The Balaban J connectivity index is 2.15. The Morgan fingerprint density at radius 1 is 1.13 bits per heavy atom. The number of ether oxygens (including phenoxy) is 2. The van der Waals surface area contributed by atoms with Crippen LogP contribution >= 0.6 is 15.9 Å². The smallest absolute Gasteiger partial charge is 0.256 e. The van der Waals surface area contributed by atoms with Gasteiger partial charge >= 0.3 is 0 Å². The fraction of sp³-hybridized carbons (Fsp3) is 0.118. The van der Waals surface area contributed by atoms with Crippen LogP contribution in [0.5, 0.6) is 17.2 Å². The number of carbonyl (C=O) groups excluding carboxylic acids is 1. The lowest BCUT2D eigenvalue weighted by atomic mass is 10.0. The van der Waals surface area contributed by atoms with Gasteiger partial charge in [0.2, 0.25) is 0 Å². The van der Waals surface area contributed by atoms with E-state index in [2.05, 4.69) is 21.2 Å². The van der Waals surface area contributed by atoms with Crippen LogP contribution in [0.1, 0.15) is 11.1 Å². The second kappa shape index (κ2) is 5.96. The van der Waals surface area contributed by atoms with Gasteiger partial charge in [-0.2, -0.15) is 0 Å². The number of phenols is 1. The number of phenolic OH excluding ortho intramolecular Hbond substituents is 1.